The predicted molar refractivity (Wildman–Crippen MR) is 58.8 cm³/mol. The van der Waals surface area contributed by atoms with Crippen LogP contribution < -0.4 is 5.82 Å². The lowest BCUT2D eigenvalue weighted by molar-refractivity contribution is 0.381. The summed E-state index contributed by atoms with van der Waals surface area (Å²) in [5.41, 5.74) is 0.853. The third-order valence-electron chi connectivity index (χ3n) is 1.78. The third kappa shape index (κ3) is 2.59. The number of rotatable bonds is 1. The topological polar surface area (TPSA) is 43.4 Å². The maximum Gasteiger partial charge on any atom is 0.519 e. The van der Waals surface area contributed by atoms with Crippen LogP contribution in [0.1, 0.15) is 19.6 Å². The van der Waals surface area contributed by atoms with Crippen LogP contribution in [0.3, 0.4) is 0 Å². The van der Waals surface area contributed by atoms with Crippen molar-refractivity contribution in [3.63, 3.8) is 0 Å². The van der Waals surface area contributed by atoms with Gasteiger partial charge < -0.3 is 8.83 Å². The van der Waals surface area contributed by atoms with Crippen molar-refractivity contribution in [2.45, 2.75) is 20.8 Å². The van der Waals surface area contributed by atoms with Gasteiger partial charge in [0.15, 0.2) is 11.5 Å². The Morgan fingerprint density at radius 1 is 1.00 bits per heavy atom. The fourth-order valence-electron chi connectivity index (χ4n) is 1.20. The monoisotopic (exact) mass is 206 g/mol. The van der Waals surface area contributed by atoms with Gasteiger partial charge in [0.1, 0.15) is 0 Å². The lowest BCUT2D eigenvalue weighted by Gasteiger charge is -1.93. The van der Waals surface area contributed by atoms with Gasteiger partial charge in [-0.1, -0.05) is 44.2 Å². The van der Waals surface area contributed by atoms with E-state index in [4.69, 9.17) is 8.83 Å². The minimum absolute atomic E-state index is 0.505. The second-order valence-electron chi connectivity index (χ2n) is 2.71. The molecule has 0 aliphatic heterocycles. The fourth-order valence-corrected chi connectivity index (χ4v) is 1.20. The molecule has 0 spiro atoms. The molecular formula is C12H14O3. The highest BCUT2D eigenvalue weighted by Crippen LogP contribution is 2.21. The molecule has 0 amide bonds. The van der Waals surface area contributed by atoms with E-state index in [9.17, 15) is 4.79 Å². The first-order chi connectivity index (χ1) is 7.27. The molecule has 2 rings (SSSR count). The van der Waals surface area contributed by atoms with E-state index in [0.717, 1.165) is 5.56 Å². The van der Waals surface area contributed by atoms with Crippen molar-refractivity contribution in [2.75, 3.05) is 0 Å². The molecule has 2 aromatic rings. The SMILES string of the molecule is CC.Cc1oc(=O)oc1-c1ccccc1. The van der Waals surface area contributed by atoms with Crippen molar-refractivity contribution in [2.24, 2.45) is 0 Å². The normalized spacial score (nSPS) is 9.27. The highest BCUT2D eigenvalue weighted by atomic mass is 16.6. The first kappa shape index (κ1) is 11.3. The Bertz CT molecular complexity index is 451. The van der Waals surface area contributed by atoms with Gasteiger partial charge in [0.05, 0.1) is 0 Å². The predicted octanol–water partition coefficient (Wildman–Crippen LogP) is 3.23. The van der Waals surface area contributed by atoms with E-state index in [2.05, 4.69) is 0 Å². The van der Waals surface area contributed by atoms with Crippen LogP contribution in [0.2, 0.25) is 0 Å². The molecule has 1 heterocycles. The van der Waals surface area contributed by atoms with Crippen LogP contribution in [-0.4, -0.2) is 0 Å². The van der Waals surface area contributed by atoms with Gasteiger partial charge in [-0.05, 0) is 6.92 Å². The molecule has 0 unspecified atom stereocenters. The molecule has 3 heteroatoms. The molecule has 0 aliphatic carbocycles. The van der Waals surface area contributed by atoms with Crippen LogP contribution in [0.25, 0.3) is 11.3 Å². The van der Waals surface area contributed by atoms with Crippen molar-refractivity contribution in [3.05, 3.63) is 46.7 Å². The Morgan fingerprint density at radius 2 is 1.60 bits per heavy atom. The molecule has 3 nitrogen and oxygen atoms in total. The van der Waals surface area contributed by atoms with Gasteiger partial charge in [-0.2, -0.15) is 0 Å². The maximum absolute atomic E-state index is 10.8. The van der Waals surface area contributed by atoms with Crippen LogP contribution >= 0.6 is 0 Å². The standard InChI is InChI=1S/C10H8O3.C2H6/c1-7-9(13-10(11)12-7)8-5-3-2-4-6-8;1-2/h2-6H,1H3;1-2H3. The molecule has 0 radical (unpaired) electrons. The van der Waals surface area contributed by atoms with Gasteiger partial charge in [-0.25, -0.2) is 4.79 Å². The summed E-state index contributed by atoms with van der Waals surface area (Å²) in [6.45, 7) is 5.70. The number of benzene rings is 1. The molecule has 0 saturated heterocycles. The molecule has 0 atom stereocenters. The Hall–Kier alpha value is -1.77. The van der Waals surface area contributed by atoms with Crippen LogP contribution in [0.15, 0.2) is 44.0 Å². The number of hydrogen-bond acceptors (Lipinski definition) is 3. The first-order valence-electron chi connectivity index (χ1n) is 4.93. The van der Waals surface area contributed by atoms with E-state index < -0.39 is 5.82 Å². The molecule has 0 bridgehead atoms. The van der Waals surface area contributed by atoms with Crippen LogP contribution in [-0.2, 0) is 0 Å². The van der Waals surface area contributed by atoms with E-state index in [1.807, 2.05) is 44.2 Å². The lowest BCUT2D eigenvalue weighted by Crippen LogP contribution is -1.85. The van der Waals surface area contributed by atoms with E-state index in [1.54, 1.807) is 6.92 Å². The zero-order chi connectivity index (χ0) is 11.3. The minimum Gasteiger partial charge on any atom is -0.396 e. The van der Waals surface area contributed by atoms with Crippen LogP contribution in [0.5, 0.6) is 0 Å². The summed E-state index contributed by atoms with van der Waals surface area (Å²) in [6.07, 6.45) is 0. The molecule has 1 aromatic carbocycles. The quantitative estimate of drug-likeness (QED) is 0.719. The van der Waals surface area contributed by atoms with E-state index in [1.165, 1.54) is 0 Å². The van der Waals surface area contributed by atoms with Gasteiger partial charge in [0, 0.05) is 5.56 Å². The highest BCUT2D eigenvalue weighted by molar-refractivity contribution is 5.58. The Balaban J connectivity index is 0.000000531. The van der Waals surface area contributed by atoms with Crippen LogP contribution in [0, 0.1) is 6.92 Å². The Morgan fingerprint density at radius 3 is 2.07 bits per heavy atom. The first-order valence-corrected chi connectivity index (χ1v) is 4.93. The number of aryl methyl sites for hydroxylation is 1. The average Bonchev–Trinajstić information content (AvgIpc) is 2.62. The zero-order valence-corrected chi connectivity index (χ0v) is 9.11. The van der Waals surface area contributed by atoms with Crippen molar-refractivity contribution in [3.8, 4) is 11.3 Å². The Labute approximate surface area is 88.3 Å². The average molecular weight is 206 g/mol. The summed E-state index contributed by atoms with van der Waals surface area (Å²) in [6, 6.07) is 9.38. The fraction of sp³-hybridized carbons (Fsp3) is 0.250. The zero-order valence-electron chi connectivity index (χ0n) is 9.11. The van der Waals surface area contributed by atoms with Gasteiger partial charge in [0.2, 0.25) is 0 Å². The molecule has 80 valence electrons. The van der Waals surface area contributed by atoms with E-state index >= 15 is 0 Å². The highest BCUT2D eigenvalue weighted by Gasteiger charge is 2.09. The summed E-state index contributed by atoms with van der Waals surface area (Å²) in [7, 11) is 0. The smallest absolute Gasteiger partial charge is 0.396 e. The Kier molecular flexibility index (Phi) is 3.92. The third-order valence-corrected chi connectivity index (χ3v) is 1.78. The largest absolute Gasteiger partial charge is 0.519 e. The molecule has 0 N–H and O–H groups in total. The summed E-state index contributed by atoms with van der Waals surface area (Å²) in [5.74, 6) is 0.359. The second-order valence-corrected chi connectivity index (χ2v) is 2.71. The van der Waals surface area contributed by atoms with Crippen molar-refractivity contribution in [1.29, 1.82) is 0 Å². The van der Waals surface area contributed by atoms with Gasteiger partial charge in [-0.15, -0.1) is 0 Å². The van der Waals surface area contributed by atoms with Crippen molar-refractivity contribution >= 4 is 0 Å². The van der Waals surface area contributed by atoms with Gasteiger partial charge >= 0.3 is 5.82 Å². The molecule has 0 saturated carbocycles. The summed E-state index contributed by atoms with van der Waals surface area (Å²) < 4.78 is 9.62. The molecule has 15 heavy (non-hydrogen) atoms. The summed E-state index contributed by atoms with van der Waals surface area (Å²) in [5, 5.41) is 0. The molecule has 1 aromatic heterocycles. The molecule has 0 aliphatic rings. The van der Waals surface area contributed by atoms with E-state index in [0.29, 0.717) is 11.5 Å². The van der Waals surface area contributed by atoms with Crippen molar-refractivity contribution in [1.82, 2.24) is 0 Å². The maximum atomic E-state index is 10.8. The molecule has 0 fully saturated rings. The molecular weight excluding hydrogens is 192 g/mol. The number of hydrogen-bond donors (Lipinski definition) is 0. The van der Waals surface area contributed by atoms with Crippen LogP contribution in [0.4, 0.5) is 0 Å². The lowest BCUT2D eigenvalue weighted by atomic mass is 10.1. The van der Waals surface area contributed by atoms with Gasteiger partial charge in [0.25, 0.3) is 0 Å². The summed E-state index contributed by atoms with van der Waals surface area (Å²) in [4.78, 5) is 10.8. The van der Waals surface area contributed by atoms with Gasteiger partial charge in [-0.3, -0.25) is 0 Å². The minimum atomic E-state index is -0.656. The second kappa shape index (κ2) is 5.20. The van der Waals surface area contributed by atoms with E-state index in [-0.39, 0.29) is 0 Å². The van der Waals surface area contributed by atoms with Crippen molar-refractivity contribution < 1.29 is 8.83 Å². The summed E-state index contributed by atoms with van der Waals surface area (Å²) >= 11 is 0.